The van der Waals surface area contributed by atoms with Gasteiger partial charge in [-0.3, -0.25) is 9.59 Å². The summed E-state index contributed by atoms with van der Waals surface area (Å²) in [6.07, 6.45) is 0.709. The molecule has 0 aliphatic heterocycles. The lowest BCUT2D eigenvalue weighted by atomic mass is 9.94. The summed E-state index contributed by atoms with van der Waals surface area (Å²) in [6, 6.07) is 0. The van der Waals surface area contributed by atoms with Crippen LogP contribution in [0.15, 0.2) is 0 Å². The highest BCUT2D eigenvalue weighted by atomic mass is 16.5. The van der Waals surface area contributed by atoms with Gasteiger partial charge >= 0.3 is 5.97 Å². The van der Waals surface area contributed by atoms with Gasteiger partial charge in [0.05, 0.1) is 13.0 Å². The summed E-state index contributed by atoms with van der Waals surface area (Å²) in [4.78, 5) is 21.8. The molecular formula is C9H17NO3. The average Bonchev–Trinajstić information content (AvgIpc) is 2.00. The molecule has 1 unspecified atom stereocenters. The predicted molar refractivity (Wildman–Crippen MR) is 48.8 cm³/mol. The van der Waals surface area contributed by atoms with Crippen LogP contribution in [0.4, 0.5) is 0 Å². The van der Waals surface area contributed by atoms with Gasteiger partial charge in [-0.2, -0.15) is 0 Å². The Morgan fingerprint density at radius 1 is 1.38 bits per heavy atom. The van der Waals surface area contributed by atoms with Gasteiger partial charge in [0.2, 0.25) is 5.91 Å². The molecule has 0 aromatic rings. The molecule has 76 valence electrons. The van der Waals surface area contributed by atoms with Crippen molar-refractivity contribution in [1.29, 1.82) is 0 Å². The highest BCUT2D eigenvalue weighted by molar-refractivity contribution is 5.81. The number of rotatable bonds is 5. The molecule has 4 heteroatoms. The summed E-state index contributed by atoms with van der Waals surface area (Å²) in [5.74, 6) is -0.852. The van der Waals surface area contributed by atoms with Gasteiger partial charge in [0, 0.05) is 6.42 Å². The number of carbonyl (C=O) groups is 2. The Labute approximate surface area is 78.4 Å². The first kappa shape index (κ1) is 11.9. The van der Waals surface area contributed by atoms with Gasteiger partial charge in [0.15, 0.2) is 0 Å². The van der Waals surface area contributed by atoms with Gasteiger partial charge in [-0.05, 0) is 12.3 Å². The van der Waals surface area contributed by atoms with E-state index in [2.05, 4.69) is 4.74 Å². The van der Waals surface area contributed by atoms with E-state index in [9.17, 15) is 9.59 Å². The fraction of sp³-hybridized carbons (Fsp3) is 0.778. The second-order valence-electron chi connectivity index (χ2n) is 3.52. The third kappa shape index (κ3) is 5.22. The molecule has 0 spiro atoms. The van der Waals surface area contributed by atoms with Crippen molar-refractivity contribution in [2.75, 3.05) is 7.11 Å². The summed E-state index contributed by atoms with van der Waals surface area (Å²) < 4.78 is 4.57. The number of nitrogens with two attached hydrogens (primary N) is 1. The molecule has 0 radical (unpaired) electrons. The summed E-state index contributed by atoms with van der Waals surface area (Å²) in [7, 11) is 1.32. The first-order valence-corrected chi connectivity index (χ1v) is 4.33. The van der Waals surface area contributed by atoms with E-state index in [1.807, 2.05) is 13.8 Å². The molecule has 0 aliphatic carbocycles. The van der Waals surface area contributed by atoms with E-state index in [-0.39, 0.29) is 18.3 Å². The van der Waals surface area contributed by atoms with E-state index in [1.54, 1.807) is 0 Å². The van der Waals surface area contributed by atoms with Gasteiger partial charge < -0.3 is 10.5 Å². The van der Waals surface area contributed by atoms with Crippen molar-refractivity contribution in [3.8, 4) is 0 Å². The zero-order chi connectivity index (χ0) is 10.4. The second-order valence-corrected chi connectivity index (χ2v) is 3.52. The predicted octanol–water partition coefficient (Wildman–Crippen LogP) is 0.697. The van der Waals surface area contributed by atoms with Crippen molar-refractivity contribution >= 4 is 11.9 Å². The van der Waals surface area contributed by atoms with Crippen LogP contribution in [-0.4, -0.2) is 19.0 Å². The SMILES string of the molecule is COC(=O)C(CC(N)=O)CC(C)C. The monoisotopic (exact) mass is 187 g/mol. The molecule has 1 atom stereocenters. The zero-order valence-corrected chi connectivity index (χ0v) is 8.37. The molecule has 0 saturated carbocycles. The fourth-order valence-corrected chi connectivity index (χ4v) is 1.24. The third-order valence-electron chi connectivity index (χ3n) is 1.74. The Hall–Kier alpha value is -1.06. The zero-order valence-electron chi connectivity index (χ0n) is 8.37. The molecule has 0 rings (SSSR count). The van der Waals surface area contributed by atoms with Gasteiger partial charge in [-0.25, -0.2) is 0 Å². The Bertz CT molecular complexity index is 189. The minimum absolute atomic E-state index is 0.0743. The molecule has 0 saturated heterocycles. The highest BCUT2D eigenvalue weighted by Gasteiger charge is 2.22. The van der Waals surface area contributed by atoms with E-state index < -0.39 is 5.91 Å². The van der Waals surface area contributed by atoms with Crippen LogP contribution in [0.2, 0.25) is 0 Å². The molecule has 0 fully saturated rings. The highest BCUT2D eigenvalue weighted by Crippen LogP contribution is 2.16. The quantitative estimate of drug-likeness (QED) is 0.644. The lowest BCUT2D eigenvalue weighted by molar-refractivity contribution is -0.147. The van der Waals surface area contributed by atoms with Crippen molar-refractivity contribution in [3.63, 3.8) is 0 Å². The number of esters is 1. The average molecular weight is 187 g/mol. The molecular weight excluding hydrogens is 170 g/mol. The minimum atomic E-state index is -0.462. The second kappa shape index (κ2) is 5.56. The van der Waals surface area contributed by atoms with Gasteiger partial charge in [-0.15, -0.1) is 0 Å². The number of primary amides is 1. The standard InChI is InChI=1S/C9H17NO3/c1-6(2)4-7(5-8(10)11)9(12)13-3/h6-7H,4-5H2,1-3H3,(H2,10,11). The van der Waals surface area contributed by atoms with Crippen LogP contribution in [0.5, 0.6) is 0 Å². The Morgan fingerprint density at radius 3 is 2.23 bits per heavy atom. The molecule has 1 amide bonds. The van der Waals surface area contributed by atoms with Crippen LogP contribution in [0.3, 0.4) is 0 Å². The smallest absolute Gasteiger partial charge is 0.309 e. The molecule has 0 aliphatic rings. The molecule has 13 heavy (non-hydrogen) atoms. The summed E-state index contributed by atoms with van der Waals surface area (Å²) in [6.45, 7) is 3.97. The molecule has 0 bridgehead atoms. The van der Waals surface area contributed by atoms with Crippen molar-refractivity contribution in [1.82, 2.24) is 0 Å². The number of carbonyl (C=O) groups excluding carboxylic acids is 2. The number of hydrogen-bond acceptors (Lipinski definition) is 3. The van der Waals surface area contributed by atoms with E-state index in [0.29, 0.717) is 12.3 Å². The molecule has 2 N–H and O–H groups in total. The number of methoxy groups -OCH3 is 1. The van der Waals surface area contributed by atoms with Crippen molar-refractivity contribution in [3.05, 3.63) is 0 Å². The van der Waals surface area contributed by atoms with Crippen LogP contribution in [0.1, 0.15) is 26.7 Å². The molecule has 0 aromatic carbocycles. The van der Waals surface area contributed by atoms with Crippen LogP contribution in [-0.2, 0) is 14.3 Å². The van der Waals surface area contributed by atoms with Gasteiger partial charge in [0.1, 0.15) is 0 Å². The summed E-state index contributed by atoms with van der Waals surface area (Å²) in [5.41, 5.74) is 5.01. The topological polar surface area (TPSA) is 69.4 Å². The van der Waals surface area contributed by atoms with Gasteiger partial charge in [0.25, 0.3) is 0 Å². The van der Waals surface area contributed by atoms with E-state index in [0.717, 1.165) is 0 Å². The Balaban J connectivity index is 4.18. The first-order valence-electron chi connectivity index (χ1n) is 4.33. The van der Waals surface area contributed by atoms with Crippen molar-refractivity contribution < 1.29 is 14.3 Å². The fourth-order valence-electron chi connectivity index (χ4n) is 1.24. The third-order valence-corrected chi connectivity index (χ3v) is 1.74. The first-order chi connectivity index (χ1) is 5.97. The molecule has 0 heterocycles. The van der Waals surface area contributed by atoms with Crippen LogP contribution < -0.4 is 5.73 Å². The maximum atomic E-state index is 11.2. The Kier molecular flexibility index (Phi) is 5.11. The summed E-state index contributed by atoms with van der Waals surface area (Å²) in [5, 5.41) is 0. The number of amides is 1. The number of hydrogen-bond donors (Lipinski definition) is 1. The lowest BCUT2D eigenvalue weighted by Gasteiger charge is -2.14. The summed E-state index contributed by atoms with van der Waals surface area (Å²) >= 11 is 0. The Morgan fingerprint density at radius 2 is 1.92 bits per heavy atom. The lowest BCUT2D eigenvalue weighted by Crippen LogP contribution is -2.24. The molecule has 0 aromatic heterocycles. The van der Waals surface area contributed by atoms with Gasteiger partial charge in [-0.1, -0.05) is 13.8 Å². The maximum absolute atomic E-state index is 11.2. The van der Waals surface area contributed by atoms with E-state index in [4.69, 9.17) is 5.73 Å². The van der Waals surface area contributed by atoms with Crippen LogP contribution >= 0.6 is 0 Å². The van der Waals surface area contributed by atoms with E-state index in [1.165, 1.54) is 7.11 Å². The minimum Gasteiger partial charge on any atom is -0.469 e. The molecule has 4 nitrogen and oxygen atoms in total. The normalized spacial score (nSPS) is 12.6. The largest absolute Gasteiger partial charge is 0.469 e. The van der Waals surface area contributed by atoms with Crippen molar-refractivity contribution in [2.45, 2.75) is 26.7 Å². The van der Waals surface area contributed by atoms with Crippen molar-refractivity contribution in [2.24, 2.45) is 17.6 Å². The van der Waals surface area contributed by atoms with E-state index >= 15 is 0 Å². The number of ether oxygens (including phenoxy) is 1. The van der Waals surface area contributed by atoms with Crippen LogP contribution in [0.25, 0.3) is 0 Å². The van der Waals surface area contributed by atoms with Crippen LogP contribution in [0, 0.1) is 11.8 Å². The maximum Gasteiger partial charge on any atom is 0.309 e.